The largest absolute Gasteiger partial charge is 0.241 e. The standard InChI is InChI=1S/C12H12N2S/c1-8(2)12-14-10-7-9(5-6-13)3-4-11(10)15-12/h3-4,7-8H,5H2,1-2H3. The number of nitriles is 1. The Morgan fingerprint density at radius 1 is 1.47 bits per heavy atom. The van der Waals surface area contributed by atoms with Gasteiger partial charge in [0.05, 0.1) is 27.7 Å². The third kappa shape index (κ3) is 2.00. The summed E-state index contributed by atoms with van der Waals surface area (Å²) < 4.78 is 1.21. The number of rotatable bonds is 2. The van der Waals surface area contributed by atoms with Crippen LogP contribution in [0.2, 0.25) is 0 Å². The minimum atomic E-state index is 0.463. The molecule has 0 fully saturated rings. The van der Waals surface area contributed by atoms with E-state index in [1.165, 1.54) is 9.71 Å². The third-order valence-electron chi connectivity index (χ3n) is 2.25. The van der Waals surface area contributed by atoms with Gasteiger partial charge < -0.3 is 0 Å². The number of benzene rings is 1. The normalized spacial score (nSPS) is 10.8. The minimum absolute atomic E-state index is 0.463. The first-order valence-corrected chi connectivity index (χ1v) is 5.78. The zero-order valence-corrected chi connectivity index (χ0v) is 9.64. The van der Waals surface area contributed by atoms with Gasteiger partial charge in [-0.2, -0.15) is 5.26 Å². The fourth-order valence-corrected chi connectivity index (χ4v) is 2.39. The lowest BCUT2D eigenvalue weighted by Gasteiger charge is -1.94. The van der Waals surface area contributed by atoms with Crippen molar-refractivity contribution in [1.82, 2.24) is 4.98 Å². The molecule has 0 bridgehead atoms. The lowest BCUT2D eigenvalue weighted by Crippen LogP contribution is -1.84. The van der Waals surface area contributed by atoms with Gasteiger partial charge in [-0.25, -0.2) is 4.98 Å². The average molecular weight is 216 g/mol. The molecule has 15 heavy (non-hydrogen) atoms. The summed E-state index contributed by atoms with van der Waals surface area (Å²) in [4.78, 5) is 4.56. The van der Waals surface area contributed by atoms with Crippen LogP contribution in [-0.4, -0.2) is 4.98 Å². The monoisotopic (exact) mass is 216 g/mol. The molecule has 2 nitrogen and oxygen atoms in total. The molecule has 1 aromatic carbocycles. The van der Waals surface area contributed by atoms with Crippen molar-refractivity contribution in [3.63, 3.8) is 0 Å². The van der Waals surface area contributed by atoms with E-state index >= 15 is 0 Å². The summed E-state index contributed by atoms with van der Waals surface area (Å²) in [5.41, 5.74) is 2.07. The molecular formula is C12H12N2S. The molecule has 0 saturated heterocycles. The predicted molar refractivity (Wildman–Crippen MR) is 63.0 cm³/mol. The number of thiazole rings is 1. The van der Waals surface area contributed by atoms with Gasteiger partial charge in [-0.15, -0.1) is 11.3 Å². The van der Waals surface area contributed by atoms with E-state index in [1.807, 2.05) is 12.1 Å². The number of hydrogen-bond acceptors (Lipinski definition) is 3. The average Bonchev–Trinajstić information content (AvgIpc) is 2.61. The predicted octanol–water partition coefficient (Wildman–Crippen LogP) is 3.49. The van der Waals surface area contributed by atoms with Crippen LogP contribution in [0.1, 0.15) is 30.3 Å². The molecule has 2 rings (SSSR count). The molecule has 0 amide bonds. The Morgan fingerprint density at radius 3 is 2.93 bits per heavy atom. The van der Waals surface area contributed by atoms with Crippen molar-refractivity contribution in [2.24, 2.45) is 0 Å². The second kappa shape index (κ2) is 4.00. The SMILES string of the molecule is CC(C)c1nc2cc(CC#N)ccc2s1. The van der Waals surface area contributed by atoms with Crippen molar-refractivity contribution in [1.29, 1.82) is 5.26 Å². The van der Waals surface area contributed by atoms with Crippen LogP contribution in [0.4, 0.5) is 0 Å². The molecule has 0 unspecified atom stereocenters. The van der Waals surface area contributed by atoms with E-state index in [4.69, 9.17) is 5.26 Å². The highest BCUT2D eigenvalue weighted by molar-refractivity contribution is 7.18. The highest BCUT2D eigenvalue weighted by atomic mass is 32.1. The number of aromatic nitrogens is 1. The fraction of sp³-hybridized carbons (Fsp3) is 0.333. The minimum Gasteiger partial charge on any atom is -0.241 e. The maximum absolute atomic E-state index is 8.62. The smallest absolute Gasteiger partial charge is 0.0963 e. The lowest BCUT2D eigenvalue weighted by molar-refractivity contribution is 0.856. The van der Waals surface area contributed by atoms with Crippen molar-refractivity contribution in [3.05, 3.63) is 28.8 Å². The van der Waals surface area contributed by atoms with E-state index in [1.54, 1.807) is 11.3 Å². The van der Waals surface area contributed by atoms with Gasteiger partial charge in [0.1, 0.15) is 0 Å². The van der Waals surface area contributed by atoms with Crippen LogP contribution in [-0.2, 0) is 6.42 Å². The third-order valence-corrected chi connectivity index (χ3v) is 3.58. The van der Waals surface area contributed by atoms with Gasteiger partial charge >= 0.3 is 0 Å². The quantitative estimate of drug-likeness (QED) is 0.770. The molecule has 76 valence electrons. The van der Waals surface area contributed by atoms with Crippen LogP contribution in [0.15, 0.2) is 18.2 Å². The Labute approximate surface area is 93.2 Å². The van der Waals surface area contributed by atoms with Crippen molar-refractivity contribution in [3.8, 4) is 6.07 Å². The Balaban J connectivity index is 2.48. The van der Waals surface area contributed by atoms with Crippen LogP contribution in [0, 0.1) is 11.3 Å². The topological polar surface area (TPSA) is 36.7 Å². The molecule has 0 aliphatic rings. The molecule has 0 aliphatic carbocycles. The second-order valence-corrected chi connectivity index (χ2v) is 4.91. The van der Waals surface area contributed by atoms with Gasteiger partial charge in [0.2, 0.25) is 0 Å². The second-order valence-electron chi connectivity index (χ2n) is 3.84. The van der Waals surface area contributed by atoms with Gasteiger partial charge in [0, 0.05) is 5.92 Å². The molecule has 2 aromatic rings. The van der Waals surface area contributed by atoms with E-state index in [0.717, 1.165) is 11.1 Å². The molecule has 1 aromatic heterocycles. The molecule has 0 aliphatic heterocycles. The van der Waals surface area contributed by atoms with E-state index in [9.17, 15) is 0 Å². The summed E-state index contributed by atoms with van der Waals surface area (Å²) in [7, 11) is 0. The molecule has 1 heterocycles. The summed E-state index contributed by atoms with van der Waals surface area (Å²) in [6.45, 7) is 4.29. The van der Waals surface area contributed by atoms with Gasteiger partial charge in [0.25, 0.3) is 0 Å². The number of nitrogens with zero attached hydrogens (tertiary/aromatic N) is 2. The molecular weight excluding hydrogens is 204 g/mol. The van der Waals surface area contributed by atoms with Crippen LogP contribution in [0.3, 0.4) is 0 Å². The summed E-state index contributed by atoms with van der Waals surface area (Å²) in [5.74, 6) is 0.474. The first-order chi connectivity index (χ1) is 7.20. The zero-order chi connectivity index (χ0) is 10.8. The Kier molecular flexibility index (Phi) is 2.70. The molecule has 0 spiro atoms. The zero-order valence-electron chi connectivity index (χ0n) is 8.82. The Bertz CT molecular complexity index is 520. The highest BCUT2D eigenvalue weighted by Crippen LogP contribution is 2.27. The first kappa shape index (κ1) is 10.1. The first-order valence-electron chi connectivity index (χ1n) is 4.97. The summed E-state index contributed by atoms with van der Waals surface area (Å²) >= 11 is 1.74. The molecule has 0 saturated carbocycles. The number of fused-ring (bicyclic) bond motifs is 1. The van der Waals surface area contributed by atoms with E-state index in [0.29, 0.717) is 12.3 Å². The highest BCUT2D eigenvalue weighted by Gasteiger charge is 2.07. The van der Waals surface area contributed by atoms with Gasteiger partial charge in [-0.1, -0.05) is 19.9 Å². The van der Waals surface area contributed by atoms with Crippen molar-refractivity contribution >= 4 is 21.6 Å². The van der Waals surface area contributed by atoms with Gasteiger partial charge in [-0.05, 0) is 17.7 Å². The van der Waals surface area contributed by atoms with Crippen LogP contribution in [0.25, 0.3) is 10.2 Å². The van der Waals surface area contributed by atoms with Crippen LogP contribution in [0.5, 0.6) is 0 Å². The van der Waals surface area contributed by atoms with Crippen LogP contribution < -0.4 is 0 Å². The molecule has 3 heteroatoms. The summed E-state index contributed by atoms with van der Waals surface area (Å²) in [6, 6.07) is 8.24. The number of hydrogen-bond donors (Lipinski definition) is 0. The van der Waals surface area contributed by atoms with E-state index in [2.05, 4.69) is 31.0 Å². The summed E-state index contributed by atoms with van der Waals surface area (Å²) in [5, 5.41) is 9.78. The molecule has 0 N–H and O–H groups in total. The van der Waals surface area contributed by atoms with Crippen molar-refractivity contribution in [2.45, 2.75) is 26.2 Å². The lowest BCUT2D eigenvalue weighted by atomic mass is 10.1. The molecule has 0 atom stereocenters. The van der Waals surface area contributed by atoms with Crippen molar-refractivity contribution in [2.75, 3.05) is 0 Å². The van der Waals surface area contributed by atoms with Gasteiger partial charge in [-0.3, -0.25) is 0 Å². The fourth-order valence-electron chi connectivity index (χ4n) is 1.44. The van der Waals surface area contributed by atoms with Gasteiger partial charge in [0.15, 0.2) is 0 Å². The van der Waals surface area contributed by atoms with E-state index < -0.39 is 0 Å². The van der Waals surface area contributed by atoms with Crippen molar-refractivity contribution < 1.29 is 0 Å². The Hall–Kier alpha value is -1.40. The maximum Gasteiger partial charge on any atom is 0.0963 e. The van der Waals surface area contributed by atoms with E-state index in [-0.39, 0.29) is 0 Å². The Morgan fingerprint density at radius 2 is 2.27 bits per heavy atom. The van der Waals surface area contributed by atoms with Crippen LogP contribution >= 0.6 is 11.3 Å². The molecule has 0 radical (unpaired) electrons. The summed E-state index contributed by atoms with van der Waals surface area (Å²) in [6.07, 6.45) is 0.463. The maximum atomic E-state index is 8.62.